The lowest BCUT2D eigenvalue weighted by Crippen LogP contribution is -2.12. The van der Waals surface area contributed by atoms with Gasteiger partial charge < -0.3 is 0 Å². The highest BCUT2D eigenvalue weighted by molar-refractivity contribution is 7.78. The van der Waals surface area contributed by atoms with Crippen molar-refractivity contribution in [1.82, 2.24) is 8.96 Å². The first kappa shape index (κ1) is 7.36. The molecule has 0 N–H and O–H groups in total. The number of fused-ring (bicyclic) bond motifs is 1. The van der Waals surface area contributed by atoms with Crippen LogP contribution in [0.25, 0.3) is 11.0 Å². The van der Waals surface area contributed by atoms with Crippen molar-refractivity contribution in [2.24, 2.45) is 0 Å². The summed E-state index contributed by atoms with van der Waals surface area (Å²) in [5.74, 6) is 0. The van der Waals surface area contributed by atoms with Gasteiger partial charge in [-0.25, -0.2) is 8.96 Å². The Hall–Kier alpha value is -1.29. The highest BCUT2D eigenvalue weighted by Crippen LogP contribution is 2.07. The maximum Gasteiger partial charge on any atom is 0.279 e. The molecule has 1 aromatic carbocycles. The van der Waals surface area contributed by atoms with E-state index < -0.39 is 0 Å². The largest absolute Gasteiger partial charge is 0.279 e. The number of benzene rings is 1. The number of rotatable bonds is 0. The Morgan fingerprint density at radius 3 is 2.92 bits per heavy atom. The van der Waals surface area contributed by atoms with E-state index in [1.807, 2.05) is 18.2 Å². The predicted octanol–water partition coefficient (Wildman–Crippen LogP) is 1.09. The average Bonchev–Trinajstić information content (AvgIpc) is 2.12. The summed E-state index contributed by atoms with van der Waals surface area (Å²) in [6.45, 7) is 0. The van der Waals surface area contributed by atoms with Gasteiger partial charge >= 0.3 is 0 Å². The van der Waals surface area contributed by atoms with Gasteiger partial charge in [0.15, 0.2) is 0 Å². The van der Waals surface area contributed by atoms with Gasteiger partial charge in [-0.3, -0.25) is 4.79 Å². The number of hydrogen-bond acceptors (Lipinski definition) is 3. The molecule has 0 fully saturated rings. The zero-order chi connectivity index (χ0) is 8.55. The Morgan fingerprint density at radius 2 is 2.08 bits per heavy atom. The van der Waals surface area contributed by atoms with Crippen LogP contribution in [0, 0.1) is 0 Å². The maximum absolute atomic E-state index is 11.1. The number of aromatic nitrogens is 2. The van der Waals surface area contributed by atoms with Crippen molar-refractivity contribution < 1.29 is 0 Å². The fraction of sp³-hybridized carbons (Fsp3) is 0. The van der Waals surface area contributed by atoms with Crippen molar-refractivity contribution >= 4 is 23.8 Å². The van der Waals surface area contributed by atoms with E-state index in [-0.39, 0.29) is 5.56 Å². The van der Waals surface area contributed by atoms with Crippen LogP contribution in [0.4, 0.5) is 0 Å². The fourth-order valence-corrected chi connectivity index (χ4v) is 1.27. The molecule has 0 amide bonds. The van der Waals surface area contributed by atoms with E-state index in [1.54, 1.807) is 6.07 Å². The van der Waals surface area contributed by atoms with Gasteiger partial charge in [0.25, 0.3) is 5.56 Å². The molecule has 0 spiro atoms. The lowest BCUT2D eigenvalue weighted by molar-refractivity contribution is 1.16. The van der Waals surface area contributed by atoms with Gasteiger partial charge in [-0.2, -0.15) is 0 Å². The zero-order valence-corrected chi connectivity index (χ0v) is 7.03. The molecule has 0 radical (unpaired) electrons. The standard InChI is InChI=1S/C8H6N2OS/c11-8-5-9-6-3-1-2-4-7(6)10(8)12/h1-5,12H. The lowest BCUT2D eigenvalue weighted by atomic mass is 10.3. The van der Waals surface area contributed by atoms with Crippen LogP contribution in [0.2, 0.25) is 0 Å². The van der Waals surface area contributed by atoms with Crippen LogP contribution >= 0.6 is 12.8 Å². The lowest BCUT2D eigenvalue weighted by Gasteiger charge is -1.99. The van der Waals surface area contributed by atoms with Crippen molar-refractivity contribution in [2.75, 3.05) is 0 Å². The third kappa shape index (κ3) is 1.00. The van der Waals surface area contributed by atoms with E-state index >= 15 is 0 Å². The van der Waals surface area contributed by atoms with Crippen molar-refractivity contribution in [1.29, 1.82) is 0 Å². The molecular weight excluding hydrogens is 172 g/mol. The molecule has 0 saturated heterocycles. The molecule has 4 heteroatoms. The van der Waals surface area contributed by atoms with Gasteiger partial charge in [0, 0.05) is 0 Å². The Kier molecular flexibility index (Phi) is 1.62. The minimum atomic E-state index is -0.211. The number of para-hydroxylation sites is 2. The molecule has 0 bridgehead atoms. The van der Waals surface area contributed by atoms with Crippen molar-refractivity contribution in [3.05, 3.63) is 40.8 Å². The van der Waals surface area contributed by atoms with Gasteiger partial charge in [-0.15, -0.1) is 0 Å². The van der Waals surface area contributed by atoms with Crippen LogP contribution in [0.1, 0.15) is 0 Å². The molecular formula is C8H6N2OS. The summed E-state index contributed by atoms with van der Waals surface area (Å²) in [6, 6.07) is 7.35. The van der Waals surface area contributed by atoms with Crippen molar-refractivity contribution in [3.63, 3.8) is 0 Å². The van der Waals surface area contributed by atoms with Crippen LogP contribution in [-0.2, 0) is 0 Å². The molecule has 60 valence electrons. The highest BCUT2D eigenvalue weighted by Gasteiger charge is 1.97. The van der Waals surface area contributed by atoms with Crippen molar-refractivity contribution in [3.8, 4) is 0 Å². The second-order valence-corrected chi connectivity index (χ2v) is 2.80. The summed E-state index contributed by atoms with van der Waals surface area (Å²) in [6.07, 6.45) is 1.26. The molecule has 12 heavy (non-hydrogen) atoms. The average molecular weight is 178 g/mol. The van der Waals surface area contributed by atoms with Gasteiger partial charge in [0.1, 0.15) is 0 Å². The molecule has 0 unspecified atom stereocenters. The predicted molar refractivity (Wildman–Crippen MR) is 50.4 cm³/mol. The normalized spacial score (nSPS) is 10.4. The van der Waals surface area contributed by atoms with E-state index in [2.05, 4.69) is 17.8 Å². The summed E-state index contributed by atoms with van der Waals surface area (Å²) >= 11 is 4.03. The minimum absolute atomic E-state index is 0.211. The topological polar surface area (TPSA) is 34.9 Å². The molecule has 2 aromatic rings. The summed E-state index contributed by atoms with van der Waals surface area (Å²) in [5.41, 5.74) is 1.29. The zero-order valence-electron chi connectivity index (χ0n) is 6.14. The Labute approximate surface area is 74.2 Å². The molecule has 0 aliphatic carbocycles. The monoisotopic (exact) mass is 178 g/mol. The van der Waals surface area contributed by atoms with Crippen molar-refractivity contribution in [2.45, 2.75) is 0 Å². The smallest absolute Gasteiger partial charge is 0.267 e. The first-order valence-electron chi connectivity index (χ1n) is 3.45. The number of nitrogens with zero attached hydrogens (tertiary/aromatic N) is 2. The van der Waals surface area contributed by atoms with Gasteiger partial charge in [0.05, 0.1) is 17.2 Å². The summed E-state index contributed by atoms with van der Waals surface area (Å²) in [7, 11) is 0. The SMILES string of the molecule is O=c1cnc2ccccc2n1S. The fourth-order valence-electron chi connectivity index (χ4n) is 1.05. The molecule has 2 rings (SSSR count). The second-order valence-electron chi connectivity index (χ2n) is 2.40. The maximum atomic E-state index is 11.1. The molecule has 1 aromatic heterocycles. The summed E-state index contributed by atoms with van der Waals surface area (Å²) < 4.78 is 1.28. The van der Waals surface area contributed by atoms with Gasteiger partial charge in [-0.05, 0) is 12.1 Å². The number of hydrogen-bond donors (Lipinski definition) is 1. The molecule has 0 aliphatic heterocycles. The molecule has 0 atom stereocenters. The number of thiol groups is 1. The molecule has 1 heterocycles. The first-order chi connectivity index (χ1) is 5.79. The second kappa shape index (κ2) is 2.64. The van der Waals surface area contributed by atoms with E-state index in [1.165, 1.54) is 10.2 Å². The van der Waals surface area contributed by atoms with E-state index in [0.717, 1.165) is 11.0 Å². The summed E-state index contributed by atoms with van der Waals surface area (Å²) in [4.78, 5) is 15.0. The van der Waals surface area contributed by atoms with Gasteiger partial charge in [-0.1, -0.05) is 24.9 Å². The van der Waals surface area contributed by atoms with Crippen LogP contribution in [-0.4, -0.2) is 8.96 Å². The van der Waals surface area contributed by atoms with Crippen LogP contribution in [0.5, 0.6) is 0 Å². The first-order valence-corrected chi connectivity index (χ1v) is 3.85. The van der Waals surface area contributed by atoms with Gasteiger partial charge in [0.2, 0.25) is 0 Å². The highest BCUT2D eigenvalue weighted by atomic mass is 32.1. The minimum Gasteiger partial charge on any atom is -0.267 e. The molecule has 3 nitrogen and oxygen atoms in total. The van der Waals surface area contributed by atoms with Crippen LogP contribution < -0.4 is 5.56 Å². The molecule has 0 aliphatic rings. The third-order valence-corrected chi connectivity index (χ3v) is 2.05. The van der Waals surface area contributed by atoms with E-state index in [9.17, 15) is 4.79 Å². The Bertz CT molecular complexity index is 478. The van der Waals surface area contributed by atoms with Crippen LogP contribution in [0.3, 0.4) is 0 Å². The Morgan fingerprint density at radius 1 is 1.33 bits per heavy atom. The molecule has 0 saturated carbocycles. The van der Waals surface area contributed by atoms with E-state index in [4.69, 9.17) is 0 Å². The summed E-state index contributed by atoms with van der Waals surface area (Å²) in [5, 5.41) is 0. The third-order valence-electron chi connectivity index (χ3n) is 1.63. The Balaban J connectivity index is 3.01. The quantitative estimate of drug-likeness (QED) is 0.613. The van der Waals surface area contributed by atoms with E-state index in [0.29, 0.717) is 0 Å². The van der Waals surface area contributed by atoms with Crippen LogP contribution in [0.15, 0.2) is 35.3 Å².